The fourth-order valence-corrected chi connectivity index (χ4v) is 2.11. The van der Waals surface area contributed by atoms with Crippen LogP contribution in [0.1, 0.15) is 11.3 Å². The van der Waals surface area contributed by atoms with Crippen LogP contribution in [0.2, 0.25) is 0 Å². The van der Waals surface area contributed by atoms with Gasteiger partial charge in [0.1, 0.15) is 0 Å². The molecular formula is C16H18ClNO3. The summed E-state index contributed by atoms with van der Waals surface area (Å²) in [5, 5.41) is 0. The average Bonchev–Trinajstić information content (AvgIpc) is 2.55. The van der Waals surface area contributed by atoms with E-state index in [1.54, 1.807) is 20.4 Å². The fourth-order valence-electron chi connectivity index (χ4n) is 1.96. The Bertz CT molecular complexity index is 550. The zero-order chi connectivity index (χ0) is 15.1. The summed E-state index contributed by atoms with van der Waals surface area (Å²) in [6.45, 7) is 0.490. The van der Waals surface area contributed by atoms with Crippen LogP contribution in [0.4, 0.5) is 0 Å². The molecule has 0 radical (unpaired) electrons. The maximum Gasteiger partial charge on any atom is 0.203 e. The fraction of sp³-hybridized carbons (Fsp3) is 0.312. The van der Waals surface area contributed by atoms with Crippen molar-refractivity contribution in [3.8, 4) is 17.2 Å². The highest BCUT2D eigenvalue weighted by Gasteiger charge is 2.14. The molecule has 4 nitrogen and oxygen atoms in total. The Morgan fingerprint density at radius 3 is 2.33 bits per heavy atom. The largest absolute Gasteiger partial charge is 0.493 e. The van der Waals surface area contributed by atoms with Crippen molar-refractivity contribution in [3.63, 3.8) is 0 Å². The lowest BCUT2D eigenvalue weighted by atomic mass is 10.2. The predicted molar refractivity (Wildman–Crippen MR) is 82.5 cm³/mol. The summed E-state index contributed by atoms with van der Waals surface area (Å²) >= 11 is 5.86. The first kappa shape index (κ1) is 15.4. The number of benzene rings is 1. The highest BCUT2D eigenvalue weighted by Crippen LogP contribution is 2.39. The highest BCUT2D eigenvalue weighted by molar-refractivity contribution is 6.17. The van der Waals surface area contributed by atoms with E-state index in [2.05, 4.69) is 4.98 Å². The van der Waals surface area contributed by atoms with Crippen LogP contribution in [0.15, 0.2) is 36.5 Å². The lowest BCUT2D eigenvalue weighted by Gasteiger charge is -2.15. The van der Waals surface area contributed by atoms with Crippen molar-refractivity contribution in [2.75, 3.05) is 20.8 Å². The van der Waals surface area contributed by atoms with Gasteiger partial charge in [-0.15, -0.1) is 11.6 Å². The monoisotopic (exact) mass is 307 g/mol. The summed E-state index contributed by atoms with van der Waals surface area (Å²) in [5.41, 5.74) is 1.90. The third-order valence-electron chi connectivity index (χ3n) is 3.01. The Hall–Kier alpha value is -1.94. The normalized spacial score (nSPS) is 10.2. The van der Waals surface area contributed by atoms with Crippen molar-refractivity contribution in [2.24, 2.45) is 0 Å². The molecule has 0 atom stereocenters. The van der Waals surface area contributed by atoms with Crippen LogP contribution in [0.25, 0.3) is 0 Å². The van der Waals surface area contributed by atoms with Gasteiger partial charge in [0.2, 0.25) is 5.75 Å². The summed E-state index contributed by atoms with van der Waals surface area (Å²) in [6.07, 6.45) is 2.48. The Kier molecular flexibility index (Phi) is 5.69. The Morgan fingerprint density at radius 2 is 1.81 bits per heavy atom. The smallest absolute Gasteiger partial charge is 0.203 e. The molecule has 0 saturated carbocycles. The molecule has 2 aromatic rings. The quantitative estimate of drug-likeness (QED) is 0.735. The standard InChI is InChI=1S/C16H18ClNO3/c1-19-14-9-12(11-17)10-15(20-2)16(14)21-8-6-13-5-3-4-7-18-13/h3-5,7,9-10H,6,8,11H2,1-2H3. The molecule has 5 heteroatoms. The van der Waals surface area contributed by atoms with Gasteiger partial charge in [-0.05, 0) is 29.8 Å². The van der Waals surface area contributed by atoms with Crippen LogP contribution in [-0.2, 0) is 12.3 Å². The van der Waals surface area contributed by atoms with Gasteiger partial charge < -0.3 is 14.2 Å². The van der Waals surface area contributed by atoms with E-state index in [4.69, 9.17) is 25.8 Å². The number of alkyl halides is 1. The second kappa shape index (κ2) is 7.74. The van der Waals surface area contributed by atoms with E-state index >= 15 is 0 Å². The highest BCUT2D eigenvalue weighted by atomic mass is 35.5. The first-order valence-corrected chi connectivity index (χ1v) is 7.15. The third-order valence-corrected chi connectivity index (χ3v) is 3.31. The molecule has 0 N–H and O–H groups in total. The van der Waals surface area contributed by atoms with E-state index in [0.29, 0.717) is 36.2 Å². The van der Waals surface area contributed by atoms with Gasteiger partial charge in [-0.1, -0.05) is 6.07 Å². The number of hydrogen-bond donors (Lipinski definition) is 0. The van der Waals surface area contributed by atoms with E-state index in [9.17, 15) is 0 Å². The summed E-state index contributed by atoms with van der Waals surface area (Å²) in [6, 6.07) is 9.52. The zero-order valence-electron chi connectivity index (χ0n) is 12.1. The van der Waals surface area contributed by atoms with Crippen molar-refractivity contribution in [2.45, 2.75) is 12.3 Å². The van der Waals surface area contributed by atoms with Gasteiger partial charge in [0.25, 0.3) is 0 Å². The Labute approximate surface area is 129 Å². The molecule has 1 aromatic carbocycles. The number of rotatable bonds is 7. The first-order chi connectivity index (χ1) is 10.3. The zero-order valence-corrected chi connectivity index (χ0v) is 12.9. The SMILES string of the molecule is COc1cc(CCl)cc(OC)c1OCCc1ccccn1. The average molecular weight is 308 g/mol. The van der Waals surface area contributed by atoms with Gasteiger partial charge >= 0.3 is 0 Å². The van der Waals surface area contributed by atoms with Crippen molar-refractivity contribution < 1.29 is 14.2 Å². The molecule has 21 heavy (non-hydrogen) atoms. The van der Waals surface area contributed by atoms with Crippen LogP contribution in [0.5, 0.6) is 17.2 Å². The van der Waals surface area contributed by atoms with E-state index in [-0.39, 0.29) is 0 Å². The Balaban J connectivity index is 2.11. The van der Waals surface area contributed by atoms with E-state index in [1.165, 1.54) is 0 Å². The number of ether oxygens (including phenoxy) is 3. The Morgan fingerprint density at radius 1 is 1.10 bits per heavy atom. The first-order valence-electron chi connectivity index (χ1n) is 6.62. The number of aromatic nitrogens is 1. The van der Waals surface area contributed by atoms with Crippen molar-refractivity contribution in [1.82, 2.24) is 4.98 Å². The van der Waals surface area contributed by atoms with E-state index in [0.717, 1.165) is 11.3 Å². The third kappa shape index (κ3) is 4.02. The minimum Gasteiger partial charge on any atom is -0.493 e. The molecule has 2 rings (SSSR count). The minimum atomic E-state index is 0.390. The van der Waals surface area contributed by atoms with Gasteiger partial charge in [0, 0.05) is 24.2 Å². The summed E-state index contributed by atoms with van der Waals surface area (Å²) in [5.74, 6) is 2.21. The molecule has 0 spiro atoms. The molecule has 0 aliphatic carbocycles. The van der Waals surface area contributed by atoms with Crippen LogP contribution < -0.4 is 14.2 Å². The van der Waals surface area contributed by atoms with Crippen molar-refractivity contribution in [3.05, 3.63) is 47.8 Å². The van der Waals surface area contributed by atoms with Crippen LogP contribution in [-0.4, -0.2) is 25.8 Å². The lowest BCUT2D eigenvalue weighted by Crippen LogP contribution is -2.05. The van der Waals surface area contributed by atoms with Gasteiger partial charge in [0.15, 0.2) is 11.5 Å². The molecule has 0 aliphatic heterocycles. The molecule has 1 aromatic heterocycles. The molecule has 0 unspecified atom stereocenters. The maximum atomic E-state index is 5.86. The minimum absolute atomic E-state index is 0.390. The van der Waals surface area contributed by atoms with Gasteiger partial charge in [0.05, 0.1) is 20.8 Å². The number of pyridine rings is 1. The van der Waals surface area contributed by atoms with Crippen LogP contribution >= 0.6 is 11.6 Å². The van der Waals surface area contributed by atoms with Gasteiger partial charge in [-0.2, -0.15) is 0 Å². The van der Waals surface area contributed by atoms with E-state index < -0.39 is 0 Å². The van der Waals surface area contributed by atoms with Crippen LogP contribution in [0, 0.1) is 0 Å². The summed E-state index contributed by atoms with van der Waals surface area (Å²) < 4.78 is 16.5. The number of methoxy groups -OCH3 is 2. The summed E-state index contributed by atoms with van der Waals surface area (Å²) in [7, 11) is 3.19. The predicted octanol–water partition coefficient (Wildman–Crippen LogP) is 3.46. The molecule has 0 amide bonds. The van der Waals surface area contributed by atoms with Crippen LogP contribution in [0.3, 0.4) is 0 Å². The van der Waals surface area contributed by atoms with Crippen molar-refractivity contribution in [1.29, 1.82) is 0 Å². The molecule has 0 bridgehead atoms. The molecule has 0 saturated heterocycles. The number of hydrogen-bond acceptors (Lipinski definition) is 4. The van der Waals surface area contributed by atoms with Gasteiger partial charge in [-0.3, -0.25) is 4.98 Å². The number of halogens is 1. The maximum absolute atomic E-state index is 5.86. The van der Waals surface area contributed by atoms with Crippen molar-refractivity contribution >= 4 is 11.6 Å². The molecule has 1 heterocycles. The molecule has 0 aliphatic rings. The van der Waals surface area contributed by atoms with Gasteiger partial charge in [-0.25, -0.2) is 0 Å². The lowest BCUT2D eigenvalue weighted by molar-refractivity contribution is 0.276. The topological polar surface area (TPSA) is 40.6 Å². The molecule has 0 fully saturated rings. The van der Waals surface area contributed by atoms with E-state index in [1.807, 2.05) is 30.3 Å². The molecule has 112 valence electrons. The molecular weight excluding hydrogens is 290 g/mol. The number of nitrogens with zero attached hydrogens (tertiary/aromatic N) is 1. The second-order valence-electron chi connectivity index (χ2n) is 4.38. The second-order valence-corrected chi connectivity index (χ2v) is 4.65. The summed E-state index contributed by atoms with van der Waals surface area (Å²) in [4.78, 5) is 4.26.